The molecule has 0 spiro atoms. The molecule has 3 heteroatoms. The van der Waals surface area contributed by atoms with Gasteiger partial charge in [-0.05, 0) is 48.3 Å². The van der Waals surface area contributed by atoms with Gasteiger partial charge in [0.25, 0.3) is 0 Å². The average molecular weight is 306 g/mol. The number of carbonyl (C=O) groups excluding carboxylic acids is 2. The average Bonchev–Trinajstić information content (AvgIpc) is 2.76. The lowest BCUT2D eigenvalue weighted by Gasteiger charge is -2.50. The third-order valence-corrected chi connectivity index (χ3v) is 7.30. The molecule has 124 valence electrons. The number of rotatable bonds is 2. The molecule has 0 aliphatic heterocycles. The third-order valence-electron chi connectivity index (χ3n) is 7.30. The first-order valence-electron chi connectivity index (χ1n) is 9.00. The predicted molar refractivity (Wildman–Crippen MR) is 85.3 cm³/mol. The van der Waals surface area contributed by atoms with Gasteiger partial charge in [-0.1, -0.05) is 27.2 Å². The van der Waals surface area contributed by atoms with Crippen LogP contribution in [0.2, 0.25) is 0 Å². The van der Waals surface area contributed by atoms with Crippen molar-refractivity contribution >= 4 is 11.6 Å². The van der Waals surface area contributed by atoms with E-state index in [4.69, 9.17) is 0 Å². The Bertz CT molecular complexity index is 485. The molecule has 3 aliphatic rings. The second-order valence-electron chi connectivity index (χ2n) is 8.80. The van der Waals surface area contributed by atoms with Gasteiger partial charge in [-0.2, -0.15) is 0 Å². The Labute approximate surface area is 133 Å². The molecule has 3 saturated carbocycles. The molecule has 6 atom stereocenters. The van der Waals surface area contributed by atoms with Crippen LogP contribution in [0.3, 0.4) is 0 Å². The van der Waals surface area contributed by atoms with Crippen molar-refractivity contribution in [3.63, 3.8) is 0 Å². The summed E-state index contributed by atoms with van der Waals surface area (Å²) in [7, 11) is 0. The van der Waals surface area contributed by atoms with Crippen LogP contribution in [0, 0.1) is 28.6 Å². The monoisotopic (exact) mass is 306 g/mol. The number of Topliss-reactive ketones (excluding diaryl/α,β-unsaturated/α-hetero) is 2. The Balaban J connectivity index is 1.83. The highest BCUT2D eigenvalue weighted by molar-refractivity contribution is 5.84. The molecule has 0 aromatic rings. The van der Waals surface area contributed by atoms with Gasteiger partial charge in [-0.3, -0.25) is 9.59 Å². The van der Waals surface area contributed by atoms with Crippen LogP contribution >= 0.6 is 0 Å². The molecule has 0 bridgehead atoms. The zero-order valence-corrected chi connectivity index (χ0v) is 14.2. The molecule has 22 heavy (non-hydrogen) atoms. The standard InChI is InChI=1S/C19H30O3/c1-4-18(2)11-14(21)9-15(18)12-7-17(22)16-8-13(20)5-6-19(16,3)10-12/h12-13,15-16,20H,4-11H2,1-3H3/t12-,13-,15+,16-,18-,19-/m0/s1. The van der Waals surface area contributed by atoms with Gasteiger partial charge in [0.2, 0.25) is 0 Å². The minimum Gasteiger partial charge on any atom is -0.393 e. The van der Waals surface area contributed by atoms with Gasteiger partial charge >= 0.3 is 0 Å². The Hall–Kier alpha value is -0.700. The summed E-state index contributed by atoms with van der Waals surface area (Å²) in [6.07, 6.45) is 6.19. The van der Waals surface area contributed by atoms with Crippen molar-refractivity contribution in [1.82, 2.24) is 0 Å². The van der Waals surface area contributed by atoms with Gasteiger partial charge in [0.05, 0.1) is 6.10 Å². The summed E-state index contributed by atoms with van der Waals surface area (Å²) in [5.74, 6) is 1.50. The zero-order valence-electron chi connectivity index (χ0n) is 14.2. The summed E-state index contributed by atoms with van der Waals surface area (Å²) < 4.78 is 0. The van der Waals surface area contributed by atoms with Crippen LogP contribution < -0.4 is 0 Å². The van der Waals surface area contributed by atoms with E-state index in [1.54, 1.807) is 0 Å². The van der Waals surface area contributed by atoms with Crippen LogP contribution in [0.15, 0.2) is 0 Å². The summed E-state index contributed by atoms with van der Waals surface area (Å²) in [6, 6.07) is 0. The lowest BCUT2D eigenvalue weighted by Crippen LogP contribution is -2.48. The van der Waals surface area contributed by atoms with Crippen LogP contribution in [0.25, 0.3) is 0 Å². The topological polar surface area (TPSA) is 54.4 Å². The van der Waals surface area contributed by atoms with Crippen LogP contribution in [-0.2, 0) is 9.59 Å². The molecule has 0 saturated heterocycles. The van der Waals surface area contributed by atoms with E-state index >= 15 is 0 Å². The van der Waals surface area contributed by atoms with Crippen molar-refractivity contribution in [3.05, 3.63) is 0 Å². The fourth-order valence-corrected chi connectivity index (χ4v) is 5.73. The minimum absolute atomic E-state index is 0.0393. The number of aliphatic hydroxyl groups excluding tert-OH is 1. The van der Waals surface area contributed by atoms with Crippen molar-refractivity contribution in [2.45, 2.75) is 78.2 Å². The zero-order chi connectivity index (χ0) is 16.1. The molecule has 3 aliphatic carbocycles. The van der Waals surface area contributed by atoms with E-state index in [1.165, 1.54) is 0 Å². The first-order chi connectivity index (χ1) is 10.3. The largest absolute Gasteiger partial charge is 0.393 e. The first-order valence-corrected chi connectivity index (χ1v) is 9.00. The number of aliphatic hydroxyl groups is 1. The predicted octanol–water partition coefficient (Wildman–Crippen LogP) is 3.53. The maximum atomic E-state index is 12.7. The van der Waals surface area contributed by atoms with Crippen molar-refractivity contribution in [2.75, 3.05) is 0 Å². The van der Waals surface area contributed by atoms with Crippen molar-refractivity contribution < 1.29 is 14.7 Å². The lowest BCUT2D eigenvalue weighted by molar-refractivity contribution is -0.141. The second kappa shape index (κ2) is 5.43. The van der Waals surface area contributed by atoms with E-state index in [2.05, 4.69) is 20.8 Å². The normalized spacial score (nSPS) is 49.3. The molecule has 0 radical (unpaired) electrons. The summed E-state index contributed by atoms with van der Waals surface area (Å²) in [4.78, 5) is 24.8. The first kappa shape index (κ1) is 16.2. The van der Waals surface area contributed by atoms with Gasteiger partial charge in [-0.25, -0.2) is 0 Å². The number of ketones is 2. The molecule has 0 amide bonds. The SMILES string of the molecule is CC[C@@]1(C)CC(=O)C[C@@H]1[C@H]1CC(=O)[C@@H]2C[C@@H](O)CC[C@@]2(C)C1. The van der Waals surface area contributed by atoms with Crippen LogP contribution in [0.4, 0.5) is 0 Å². The molecule has 1 N–H and O–H groups in total. The van der Waals surface area contributed by atoms with Gasteiger partial charge < -0.3 is 5.11 Å². The molecule has 0 unspecified atom stereocenters. The third kappa shape index (κ3) is 2.55. The number of hydrogen-bond acceptors (Lipinski definition) is 3. The van der Waals surface area contributed by atoms with Gasteiger partial charge in [0, 0.05) is 25.2 Å². The van der Waals surface area contributed by atoms with Crippen molar-refractivity contribution in [3.8, 4) is 0 Å². The van der Waals surface area contributed by atoms with Gasteiger partial charge in [0.15, 0.2) is 0 Å². The molecule has 0 aromatic carbocycles. The maximum absolute atomic E-state index is 12.7. The number of carbonyl (C=O) groups is 2. The van der Waals surface area contributed by atoms with E-state index < -0.39 is 0 Å². The summed E-state index contributed by atoms with van der Waals surface area (Å²) in [5, 5.41) is 9.92. The van der Waals surface area contributed by atoms with Gasteiger partial charge in [0.1, 0.15) is 11.6 Å². The summed E-state index contributed by atoms with van der Waals surface area (Å²) in [6.45, 7) is 6.66. The van der Waals surface area contributed by atoms with Crippen LogP contribution in [-0.4, -0.2) is 22.8 Å². The molecular weight excluding hydrogens is 276 g/mol. The van der Waals surface area contributed by atoms with Crippen LogP contribution in [0.5, 0.6) is 0 Å². The Morgan fingerprint density at radius 1 is 1.23 bits per heavy atom. The highest BCUT2D eigenvalue weighted by atomic mass is 16.3. The number of hydrogen-bond donors (Lipinski definition) is 1. The van der Waals surface area contributed by atoms with Crippen LogP contribution in [0.1, 0.15) is 72.1 Å². The highest BCUT2D eigenvalue weighted by Gasteiger charge is 2.53. The molecule has 3 rings (SSSR count). The molecule has 3 fully saturated rings. The van der Waals surface area contributed by atoms with E-state index in [0.717, 1.165) is 25.7 Å². The summed E-state index contributed by atoms with van der Waals surface area (Å²) in [5.41, 5.74) is 0.124. The second-order valence-corrected chi connectivity index (χ2v) is 8.80. The van der Waals surface area contributed by atoms with E-state index in [1.807, 2.05) is 0 Å². The summed E-state index contributed by atoms with van der Waals surface area (Å²) >= 11 is 0. The number of fused-ring (bicyclic) bond motifs is 1. The maximum Gasteiger partial charge on any atom is 0.136 e. The van der Waals surface area contributed by atoms with Crippen molar-refractivity contribution in [1.29, 1.82) is 0 Å². The quantitative estimate of drug-likeness (QED) is 0.849. The Kier molecular flexibility index (Phi) is 3.99. The Morgan fingerprint density at radius 3 is 2.64 bits per heavy atom. The van der Waals surface area contributed by atoms with E-state index in [0.29, 0.717) is 49.1 Å². The minimum atomic E-state index is -0.299. The smallest absolute Gasteiger partial charge is 0.136 e. The highest BCUT2D eigenvalue weighted by Crippen LogP contribution is 2.57. The van der Waals surface area contributed by atoms with Gasteiger partial charge in [-0.15, -0.1) is 0 Å². The molecule has 3 nitrogen and oxygen atoms in total. The molecule has 0 aromatic heterocycles. The fourth-order valence-electron chi connectivity index (χ4n) is 5.73. The fraction of sp³-hybridized carbons (Fsp3) is 0.895. The lowest BCUT2D eigenvalue weighted by atomic mass is 9.53. The van der Waals surface area contributed by atoms with E-state index in [-0.39, 0.29) is 22.9 Å². The van der Waals surface area contributed by atoms with Crippen molar-refractivity contribution in [2.24, 2.45) is 28.6 Å². The van der Waals surface area contributed by atoms with E-state index in [9.17, 15) is 14.7 Å². The Morgan fingerprint density at radius 2 is 1.95 bits per heavy atom. The molecular formula is C19H30O3. The molecule has 0 heterocycles.